The lowest BCUT2D eigenvalue weighted by Gasteiger charge is -2.35. The second kappa shape index (κ2) is 14.7. The molecule has 8 nitrogen and oxygen atoms in total. The van der Waals surface area contributed by atoms with Crippen LogP contribution in [-0.4, -0.2) is 54.6 Å². The molecule has 0 aromatic heterocycles. The van der Waals surface area contributed by atoms with Gasteiger partial charge in [-0.05, 0) is 55.2 Å². The zero-order valence-corrected chi connectivity index (χ0v) is 23.8. The fourth-order valence-electron chi connectivity index (χ4n) is 4.34. The predicted molar refractivity (Wildman–Crippen MR) is 160 cm³/mol. The molecule has 1 aliphatic rings. The monoisotopic (exact) mass is 599 g/mol. The van der Waals surface area contributed by atoms with Crippen LogP contribution in [0.4, 0.5) is 5.69 Å². The molecule has 4 rings (SSSR count). The van der Waals surface area contributed by atoms with Crippen molar-refractivity contribution in [3.8, 4) is 17.2 Å². The second-order valence-corrected chi connectivity index (χ2v) is 10.3. The summed E-state index contributed by atoms with van der Waals surface area (Å²) in [6.07, 6.45) is 4.74. The van der Waals surface area contributed by atoms with Gasteiger partial charge in [0.05, 0.1) is 35.5 Å². The first-order chi connectivity index (χ1) is 19.8. The SMILES string of the molecule is O=C(O)CCCN1CC(C(=O)O)Oc2c(C=Cc3ccc(OCCCCOc4c(Cl)cccc4Cl)cc3)cccc21. The lowest BCUT2D eigenvalue weighted by atomic mass is 10.1. The number of benzene rings is 3. The normalized spacial score (nSPS) is 14.4. The van der Waals surface area contributed by atoms with Crippen LogP contribution in [0.2, 0.25) is 10.0 Å². The molecular weight excluding hydrogens is 569 g/mol. The van der Waals surface area contributed by atoms with E-state index >= 15 is 0 Å². The molecule has 10 heteroatoms. The van der Waals surface area contributed by atoms with Crippen molar-refractivity contribution in [1.29, 1.82) is 0 Å². The standard InChI is InChI=1S/C31H31Cl2NO7/c32-24-7-4-8-25(33)30(24)40-19-2-1-18-39-23-15-12-21(13-16-23)11-14-22-6-3-9-26-29(22)41-27(31(37)38)20-34(26)17-5-10-28(35)36/h3-4,6-9,11-16,27H,1-2,5,10,17-20H2,(H,35,36)(H,37,38). The van der Waals surface area contributed by atoms with Gasteiger partial charge in [-0.1, -0.05) is 65.7 Å². The van der Waals surface area contributed by atoms with E-state index in [1.807, 2.05) is 59.5 Å². The summed E-state index contributed by atoms with van der Waals surface area (Å²) in [5.74, 6) is -0.229. The first kappa shape index (κ1) is 30.1. The molecule has 0 saturated carbocycles. The number of halogens is 2. The number of carbonyl (C=O) groups is 2. The largest absolute Gasteiger partial charge is 0.494 e. The molecule has 2 N–H and O–H groups in total. The van der Waals surface area contributed by atoms with Crippen LogP contribution in [0.25, 0.3) is 12.2 Å². The minimum Gasteiger partial charge on any atom is -0.494 e. The zero-order valence-electron chi connectivity index (χ0n) is 22.3. The highest BCUT2D eigenvalue weighted by Gasteiger charge is 2.31. The number of nitrogens with zero attached hydrogens (tertiary/aromatic N) is 1. The summed E-state index contributed by atoms with van der Waals surface area (Å²) in [4.78, 5) is 24.6. The van der Waals surface area contributed by atoms with E-state index < -0.39 is 18.0 Å². The van der Waals surface area contributed by atoms with Crippen molar-refractivity contribution in [2.24, 2.45) is 0 Å². The van der Waals surface area contributed by atoms with E-state index in [-0.39, 0.29) is 13.0 Å². The number of hydrogen-bond acceptors (Lipinski definition) is 6. The molecule has 41 heavy (non-hydrogen) atoms. The average Bonchev–Trinajstić information content (AvgIpc) is 2.95. The molecule has 3 aromatic carbocycles. The van der Waals surface area contributed by atoms with Gasteiger partial charge in [0.2, 0.25) is 6.10 Å². The van der Waals surface area contributed by atoms with Crippen LogP contribution in [0, 0.1) is 0 Å². The summed E-state index contributed by atoms with van der Waals surface area (Å²) in [5.41, 5.74) is 2.42. The smallest absolute Gasteiger partial charge is 0.346 e. The highest BCUT2D eigenvalue weighted by atomic mass is 35.5. The molecule has 3 aromatic rings. The Morgan fingerprint density at radius 2 is 1.59 bits per heavy atom. The van der Waals surface area contributed by atoms with Crippen molar-refractivity contribution in [3.05, 3.63) is 81.8 Å². The molecule has 1 atom stereocenters. The number of para-hydroxylation sites is 2. The quantitative estimate of drug-likeness (QED) is 0.152. The van der Waals surface area contributed by atoms with E-state index in [2.05, 4.69) is 0 Å². The fraction of sp³-hybridized carbons (Fsp3) is 0.290. The maximum Gasteiger partial charge on any atom is 0.346 e. The summed E-state index contributed by atoms with van der Waals surface area (Å²) < 4.78 is 17.4. The molecular formula is C31H31Cl2NO7. The van der Waals surface area contributed by atoms with Gasteiger partial charge in [0.1, 0.15) is 5.75 Å². The summed E-state index contributed by atoms with van der Waals surface area (Å²) >= 11 is 12.2. The van der Waals surface area contributed by atoms with Gasteiger partial charge in [-0.25, -0.2) is 4.79 Å². The number of aliphatic carboxylic acids is 2. The number of unbranched alkanes of at least 4 members (excludes halogenated alkanes) is 1. The molecule has 1 unspecified atom stereocenters. The highest BCUT2D eigenvalue weighted by Crippen LogP contribution is 2.38. The summed E-state index contributed by atoms with van der Waals surface area (Å²) in [6.45, 7) is 1.59. The summed E-state index contributed by atoms with van der Waals surface area (Å²) in [6, 6.07) is 18.5. The van der Waals surface area contributed by atoms with Crippen LogP contribution < -0.4 is 19.1 Å². The topological polar surface area (TPSA) is 106 Å². The Morgan fingerprint density at radius 1 is 0.902 bits per heavy atom. The van der Waals surface area contributed by atoms with E-state index in [4.69, 9.17) is 42.5 Å². The first-order valence-corrected chi connectivity index (χ1v) is 14.0. The Hall–Kier alpha value is -3.88. The van der Waals surface area contributed by atoms with Gasteiger partial charge in [0.25, 0.3) is 0 Å². The van der Waals surface area contributed by atoms with Crippen LogP contribution in [0.1, 0.15) is 36.8 Å². The van der Waals surface area contributed by atoms with E-state index in [0.29, 0.717) is 47.7 Å². The number of rotatable bonds is 14. The van der Waals surface area contributed by atoms with Crippen molar-refractivity contribution in [1.82, 2.24) is 0 Å². The molecule has 1 heterocycles. The lowest BCUT2D eigenvalue weighted by molar-refractivity contribution is -0.145. The molecule has 0 bridgehead atoms. The Morgan fingerprint density at radius 3 is 2.27 bits per heavy atom. The second-order valence-electron chi connectivity index (χ2n) is 9.44. The summed E-state index contributed by atoms with van der Waals surface area (Å²) in [5, 5.41) is 19.6. The molecule has 1 aliphatic heterocycles. The van der Waals surface area contributed by atoms with Crippen LogP contribution in [-0.2, 0) is 9.59 Å². The van der Waals surface area contributed by atoms with E-state index in [0.717, 1.165) is 35.4 Å². The lowest BCUT2D eigenvalue weighted by Crippen LogP contribution is -2.45. The third kappa shape index (κ3) is 8.55. The Labute approximate surface area is 248 Å². The molecule has 0 saturated heterocycles. The van der Waals surface area contributed by atoms with Gasteiger partial charge in [0, 0.05) is 18.5 Å². The zero-order chi connectivity index (χ0) is 29.2. The number of hydrogen-bond donors (Lipinski definition) is 2. The fourth-order valence-corrected chi connectivity index (χ4v) is 4.85. The van der Waals surface area contributed by atoms with Crippen LogP contribution >= 0.6 is 23.2 Å². The maximum absolute atomic E-state index is 11.7. The first-order valence-electron chi connectivity index (χ1n) is 13.3. The molecule has 0 fully saturated rings. The Bertz CT molecular complexity index is 1360. The molecule has 0 spiro atoms. The van der Waals surface area contributed by atoms with Crippen molar-refractivity contribution in [2.45, 2.75) is 31.8 Å². The molecule has 0 amide bonds. The number of carboxylic acids is 2. The van der Waals surface area contributed by atoms with Gasteiger partial charge in [-0.15, -0.1) is 0 Å². The summed E-state index contributed by atoms with van der Waals surface area (Å²) in [7, 11) is 0. The van der Waals surface area contributed by atoms with Crippen molar-refractivity contribution in [3.63, 3.8) is 0 Å². The number of ether oxygens (including phenoxy) is 3. The van der Waals surface area contributed by atoms with E-state index in [1.165, 1.54) is 0 Å². The van der Waals surface area contributed by atoms with Crippen molar-refractivity contribution in [2.75, 3.05) is 31.2 Å². The van der Waals surface area contributed by atoms with Gasteiger partial charge in [-0.3, -0.25) is 4.79 Å². The highest BCUT2D eigenvalue weighted by molar-refractivity contribution is 6.37. The molecule has 0 aliphatic carbocycles. The predicted octanol–water partition coefficient (Wildman–Crippen LogP) is 6.92. The van der Waals surface area contributed by atoms with Crippen LogP contribution in [0.5, 0.6) is 17.2 Å². The Balaban J connectivity index is 1.31. The third-order valence-electron chi connectivity index (χ3n) is 6.41. The van der Waals surface area contributed by atoms with E-state index in [1.54, 1.807) is 18.2 Å². The third-order valence-corrected chi connectivity index (χ3v) is 7.01. The average molecular weight is 600 g/mol. The van der Waals surface area contributed by atoms with Gasteiger partial charge < -0.3 is 29.3 Å². The van der Waals surface area contributed by atoms with Crippen LogP contribution in [0.15, 0.2) is 60.7 Å². The molecule has 216 valence electrons. The molecule has 0 radical (unpaired) electrons. The van der Waals surface area contributed by atoms with Crippen LogP contribution in [0.3, 0.4) is 0 Å². The Kier molecular flexibility index (Phi) is 10.8. The van der Waals surface area contributed by atoms with Gasteiger partial charge in [0.15, 0.2) is 11.5 Å². The van der Waals surface area contributed by atoms with Gasteiger partial charge in [-0.2, -0.15) is 0 Å². The minimum atomic E-state index is -1.06. The number of fused-ring (bicyclic) bond motifs is 1. The number of anilines is 1. The minimum absolute atomic E-state index is 0.0110. The van der Waals surface area contributed by atoms with E-state index in [9.17, 15) is 14.7 Å². The van der Waals surface area contributed by atoms with Gasteiger partial charge >= 0.3 is 11.9 Å². The maximum atomic E-state index is 11.7. The number of carboxylic acid groups (broad SMARTS) is 2. The van der Waals surface area contributed by atoms with Crippen molar-refractivity contribution >= 4 is 53.0 Å². The van der Waals surface area contributed by atoms with Crippen molar-refractivity contribution < 1.29 is 34.0 Å².